The lowest BCUT2D eigenvalue weighted by atomic mass is 10.1. The third-order valence-corrected chi connectivity index (χ3v) is 2.10. The van der Waals surface area contributed by atoms with Crippen molar-refractivity contribution in [3.05, 3.63) is 12.3 Å². The zero-order chi connectivity index (χ0) is 13.9. The predicted octanol–water partition coefficient (Wildman–Crippen LogP) is 2.95. The van der Waals surface area contributed by atoms with Gasteiger partial charge >= 0.3 is 12.3 Å². The lowest BCUT2D eigenvalue weighted by Crippen LogP contribution is -2.48. The van der Waals surface area contributed by atoms with Crippen molar-refractivity contribution in [3.63, 3.8) is 0 Å². The summed E-state index contributed by atoms with van der Waals surface area (Å²) in [4.78, 5) is 11.3. The summed E-state index contributed by atoms with van der Waals surface area (Å²) in [6, 6.07) is 0. The van der Waals surface area contributed by atoms with Crippen molar-refractivity contribution in [3.8, 4) is 0 Å². The lowest BCUT2D eigenvalue weighted by molar-refractivity contribution is -0.245. The van der Waals surface area contributed by atoms with Crippen LogP contribution in [0.1, 0.15) is 33.6 Å². The second kappa shape index (κ2) is 5.39. The Hall–Kier alpha value is -1.24. The van der Waals surface area contributed by atoms with Crippen LogP contribution in [-0.4, -0.2) is 22.9 Å². The summed E-state index contributed by atoms with van der Waals surface area (Å²) in [7, 11) is 0. The van der Waals surface area contributed by atoms with Crippen LogP contribution in [0.5, 0.6) is 0 Å². The molecule has 0 unspecified atom stereocenters. The van der Waals surface area contributed by atoms with Crippen molar-refractivity contribution >= 4 is 6.09 Å². The van der Waals surface area contributed by atoms with Gasteiger partial charge in [-0.15, -0.1) is 0 Å². The molecule has 0 aromatic carbocycles. The molecule has 4 nitrogen and oxygen atoms in total. The number of allylic oxidation sites excluding steroid dienone is 1. The molecule has 0 atom stereocenters. The number of rotatable bonds is 4. The second-order valence-electron chi connectivity index (χ2n) is 4.06. The van der Waals surface area contributed by atoms with E-state index in [9.17, 15) is 18.0 Å². The van der Waals surface area contributed by atoms with Gasteiger partial charge in [0.1, 0.15) is 0 Å². The molecule has 0 saturated heterocycles. The van der Waals surface area contributed by atoms with Gasteiger partial charge in [0.25, 0.3) is 0 Å². The number of amides is 1. The number of halogens is 3. The van der Waals surface area contributed by atoms with E-state index in [1.54, 1.807) is 0 Å². The van der Waals surface area contributed by atoms with Crippen molar-refractivity contribution in [2.75, 3.05) is 0 Å². The van der Waals surface area contributed by atoms with Gasteiger partial charge in [0.15, 0.2) is 0 Å². The van der Waals surface area contributed by atoms with E-state index in [1.807, 2.05) is 6.92 Å². The third kappa shape index (κ3) is 4.26. The minimum atomic E-state index is -4.66. The molecule has 0 aromatic heterocycles. The van der Waals surface area contributed by atoms with Crippen molar-refractivity contribution in [1.29, 1.82) is 0 Å². The first-order valence-electron chi connectivity index (χ1n) is 5.05. The third-order valence-electron chi connectivity index (χ3n) is 2.10. The number of carbonyl (C=O) groups is 1. The summed E-state index contributed by atoms with van der Waals surface area (Å²) in [6.45, 7) is 6.80. The molecule has 100 valence electrons. The molecule has 0 saturated carbocycles. The molecular weight excluding hydrogens is 237 g/mol. The lowest BCUT2D eigenvalue weighted by Gasteiger charge is -2.30. The number of carbonyl (C=O) groups excluding carboxylic acids is 1. The van der Waals surface area contributed by atoms with Gasteiger partial charge in [-0.25, -0.2) is 15.6 Å². The summed E-state index contributed by atoms with van der Waals surface area (Å²) >= 11 is 0. The summed E-state index contributed by atoms with van der Waals surface area (Å²) in [5, 5.41) is 0.497. The first-order chi connectivity index (χ1) is 7.53. The Labute approximate surface area is 98.2 Å². The molecule has 0 radical (unpaired) electrons. The van der Waals surface area contributed by atoms with Gasteiger partial charge in [0, 0.05) is 5.70 Å². The number of nitrogens with two attached hydrogens (primary N) is 1. The maximum atomic E-state index is 12.4. The molecule has 0 heterocycles. The Morgan fingerprint density at radius 3 is 2.24 bits per heavy atom. The number of hydrazine groups is 1. The molecule has 0 aliphatic rings. The van der Waals surface area contributed by atoms with Gasteiger partial charge in [0.2, 0.25) is 5.60 Å². The highest BCUT2D eigenvalue weighted by atomic mass is 19.4. The topological polar surface area (TPSA) is 55.6 Å². The van der Waals surface area contributed by atoms with E-state index >= 15 is 0 Å². The Bertz CT molecular complexity index is 300. The number of ether oxygens (including phenoxy) is 1. The second-order valence-corrected chi connectivity index (χ2v) is 4.06. The highest BCUT2D eigenvalue weighted by Gasteiger charge is 2.51. The normalized spacial score (nSPS) is 12.2. The molecule has 0 bridgehead atoms. The van der Waals surface area contributed by atoms with Crippen LogP contribution in [0, 0.1) is 0 Å². The van der Waals surface area contributed by atoms with E-state index in [2.05, 4.69) is 11.3 Å². The molecule has 0 aliphatic carbocycles. The average Bonchev–Trinajstić information content (AvgIpc) is 2.14. The van der Waals surface area contributed by atoms with Crippen molar-refractivity contribution in [1.82, 2.24) is 5.01 Å². The van der Waals surface area contributed by atoms with Gasteiger partial charge in [-0.3, -0.25) is 0 Å². The Morgan fingerprint density at radius 2 is 1.88 bits per heavy atom. The largest absolute Gasteiger partial charge is 0.433 e. The zero-order valence-corrected chi connectivity index (χ0v) is 10.1. The van der Waals surface area contributed by atoms with Crippen LogP contribution in [-0.2, 0) is 4.74 Å². The minimum absolute atomic E-state index is 0.204. The Morgan fingerprint density at radius 1 is 1.41 bits per heavy atom. The molecule has 2 N–H and O–H groups in total. The number of nitrogens with zero attached hydrogens (tertiary/aromatic N) is 1. The standard InChI is InChI=1S/C10H17F3N2O2/c1-5-6-7(2)15(14)8(16)17-9(3,4)10(11,12)13/h2,5-6,14H2,1,3-4H3. The van der Waals surface area contributed by atoms with Gasteiger partial charge in [-0.1, -0.05) is 19.9 Å². The van der Waals surface area contributed by atoms with Crippen LogP contribution in [0.2, 0.25) is 0 Å². The van der Waals surface area contributed by atoms with E-state index in [1.165, 1.54) is 0 Å². The maximum Gasteiger partial charge on any atom is 0.429 e. The fourth-order valence-corrected chi connectivity index (χ4v) is 0.863. The number of hydrogen-bond acceptors (Lipinski definition) is 3. The zero-order valence-electron chi connectivity index (χ0n) is 10.1. The number of hydrogen-bond donors (Lipinski definition) is 1. The first kappa shape index (κ1) is 15.8. The van der Waals surface area contributed by atoms with Crippen LogP contribution < -0.4 is 5.84 Å². The predicted molar refractivity (Wildman–Crippen MR) is 56.7 cm³/mol. The van der Waals surface area contributed by atoms with Crippen LogP contribution in [0.3, 0.4) is 0 Å². The fourth-order valence-electron chi connectivity index (χ4n) is 0.863. The molecule has 0 fully saturated rings. The van der Waals surface area contributed by atoms with Crippen molar-refractivity contribution < 1.29 is 22.7 Å². The summed E-state index contributed by atoms with van der Waals surface area (Å²) in [6.07, 6.45) is -4.86. The smallest absolute Gasteiger partial charge is 0.429 e. The maximum absolute atomic E-state index is 12.4. The Balaban J connectivity index is 4.60. The molecule has 17 heavy (non-hydrogen) atoms. The molecule has 1 amide bonds. The van der Waals surface area contributed by atoms with Gasteiger partial charge in [-0.2, -0.15) is 13.2 Å². The number of alkyl halides is 3. The SMILES string of the molecule is C=C(CCC)N(N)C(=O)OC(C)(C)C(F)(F)F. The highest BCUT2D eigenvalue weighted by molar-refractivity contribution is 5.69. The Kier molecular flexibility index (Phi) is 5.00. The van der Waals surface area contributed by atoms with Gasteiger partial charge < -0.3 is 4.74 Å². The van der Waals surface area contributed by atoms with E-state index in [-0.39, 0.29) is 5.70 Å². The fraction of sp³-hybridized carbons (Fsp3) is 0.700. The van der Waals surface area contributed by atoms with Crippen LogP contribution in [0.4, 0.5) is 18.0 Å². The van der Waals surface area contributed by atoms with Crippen LogP contribution >= 0.6 is 0 Å². The van der Waals surface area contributed by atoms with E-state index in [4.69, 9.17) is 5.84 Å². The molecule has 0 spiro atoms. The molecule has 7 heteroatoms. The van der Waals surface area contributed by atoms with E-state index in [0.717, 1.165) is 13.8 Å². The van der Waals surface area contributed by atoms with E-state index in [0.29, 0.717) is 17.9 Å². The monoisotopic (exact) mass is 254 g/mol. The van der Waals surface area contributed by atoms with Crippen molar-refractivity contribution in [2.24, 2.45) is 5.84 Å². The van der Waals surface area contributed by atoms with Crippen LogP contribution in [0.15, 0.2) is 12.3 Å². The first-order valence-corrected chi connectivity index (χ1v) is 5.05. The average molecular weight is 254 g/mol. The van der Waals surface area contributed by atoms with Crippen molar-refractivity contribution in [2.45, 2.75) is 45.4 Å². The van der Waals surface area contributed by atoms with Gasteiger partial charge in [-0.05, 0) is 20.3 Å². The summed E-state index contributed by atoms with van der Waals surface area (Å²) in [5.74, 6) is 5.29. The molecule has 0 aliphatic heterocycles. The van der Waals surface area contributed by atoms with E-state index < -0.39 is 17.9 Å². The van der Waals surface area contributed by atoms with Crippen LogP contribution in [0.25, 0.3) is 0 Å². The molecule has 0 rings (SSSR count). The quantitative estimate of drug-likeness (QED) is 0.476. The highest BCUT2D eigenvalue weighted by Crippen LogP contribution is 2.33. The molecular formula is C10H17F3N2O2. The summed E-state index contributed by atoms with van der Waals surface area (Å²) < 4.78 is 41.6. The summed E-state index contributed by atoms with van der Waals surface area (Å²) in [5.41, 5.74) is -2.38. The minimum Gasteiger partial charge on any atom is -0.433 e. The van der Waals surface area contributed by atoms with Gasteiger partial charge in [0.05, 0.1) is 0 Å². The molecule has 0 aromatic rings.